The average Bonchev–Trinajstić information content (AvgIpc) is 2.90. The van der Waals surface area contributed by atoms with Gasteiger partial charge in [0, 0.05) is 12.1 Å². The van der Waals surface area contributed by atoms with E-state index in [4.69, 9.17) is 4.84 Å². The van der Waals surface area contributed by atoms with Crippen LogP contribution in [0.3, 0.4) is 0 Å². The number of alkyl halides is 6. The van der Waals surface area contributed by atoms with Gasteiger partial charge in [-0.2, -0.15) is 22.0 Å². The molecule has 0 radical (unpaired) electrons. The minimum atomic E-state index is -5.85. The quantitative estimate of drug-likeness (QED) is 0.141. The highest BCUT2D eigenvalue weighted by Crippen LogP contribution is 2.36. The maximum atomic E-state index is 13.3. The molecule has 1 unspecified atom stereocenters. The molecule has 10 nitrogen and oxygen atoms in total. The molecule has 1 atom stereocenters. The first-order valence-corrected chi connectivity index (χ1v) is 10.3. The zero-order chi connectivity index (χ0) is 28.8. The van der Waals surface area contributed by atoms with E-state index in [-0.39, 0.29) is 28.2 Å². The van der Waals surface area contributed by atoms with E-state index in [1.807, 2.05) is 0 Å². The van der Waals surface area contributed by atoms with Crippen LogP contribution in [0, 0.1) is 10.1 Å². The summed E-state index contributed by atoms with van der Waals surface area (Å²) >= 11 is 0. The van der Waals surface area contributed by atoms with Crippen molar-refractivity contribution in [1.82, 2.24) is 0 Å². The maximum Gasteiger partial charge on any atom is 0.439 e. The normalized spacial score (nSPS) is 13.9. The molecule has 0 spiro atoms. The Labute approximate surface area is 213 Å². The zero-order valence-electron chi connectivity index (χ0n) is 19.0. The molecule has 0 N–H and O–H groups in total. The summed E-state index contributed by atoms with van der Waals surface area (Å²) in [5.74, 6) is -2.87. The molecule has 2 aromatic rings. The number of rotatable bonds is 8. The molecule has 39 heavy (non-hydrogen) atoms. The minimum absolute atomic E-state index is 0.0908. The van der Waals surface area contributed by atoms with Crippen molar-refractivity contribution in [1.29, 1.82) is 0 Å². The third-order valence-corrected chi connectivity index (χ3v) is 4.54. The van der Waals surface area contributed by atoms with Crippen molar-refractivity contribution in [3.05, 3.63) is 94.1 Å². The van der Waals surface area contributed by atoms with Gasteiger partial charge in [0.1, 0.15) is 17.2 Å². The van der Waals surface area contributed by atoms with E-state index < -0.39 is 41.1 Å². The van der Waals surface area contributed by atoms with Gasteiger partial charge in [0.25, 0.3) is 11.9 Å². The largest absolute Gasteiger partial charge is 0.439 e. The maximum absolute atomic E-state index is 13.3. The lowest BCUT2D eigenvalue weighted by Crippen LogP contribution is -2.45. The van der Waals surface area contributed by atoms with Crippen LogP contribution in [0.1, 0.15) is 20.7 Å². The highest BCUT2D eigenvalue weighted by molar-refractivity contribution is 6.18. The third-order valence-electron chi connectivity index (χ3n) is 4.54. The molecule has 1 aliphatic carbocycles. The summed E-state index contributed by atoms with van der Waals surface area (Å²) in [6, 6.07) is 7.97. The molecule has 2 aromatic carbocycles. The fourth-order valence-corrected chi connectivity index (χ4v) is 2.67. The molecule has 0 saturated carbocycles. The summed E-state index contributed by atoms with van der Waals surface area (Å²) in [5.41, 5.74) is -0.443. The zero-order valence-corrected chi connectivity index (χ0v) is 19.0. The van der Waals surface area contributed by atoms with Gasteiger partial charge in [0.05, 0.1) is 16.1 Å². The van der Waals surface area contributed by atoms with Crippen LogP contribution in [0.15, 0.2) is 83.1 Å². The van der Waals surface area contributed by atoms with Crippen LogP contribution in [0.5, 0.6) is 5.75 Å². The first kappa shape index (κ1) is 28.5. The molecule has 0 aliphatic heterocycles. The summed E-state index contributed by atoms with van der Waals surface area (Å²) in [4.78, 5) is 43.6. The van der Waals surface area contributed by atoms with Crippen molar-refractivity contribution in [2.75, 3.05) is 0 Å². The van der Waals surface area contributed by atoms with Crippen LogP contribution >= 0.6 is 0 Å². The molecule has 0 bridgehead atoms. The molecule has 204 valence electrons. The Hall–Kier alpha value is -5.02. The predicted octanol–water partition coefficient (Wildman–Crippen LogP) is 5.32. The van der Waals surface area contributed by atoms with Gasteiger partial charge < -0.3 is 14.4 Å². The third kappa shape index (κ3) is 7.73. The monoisotopic (exact) mass is 557 g/mol. The minimum Gasteiger partial charge on any atom is -0.430 e. The summed E-state index contributed by atoms with van der Waals surface area (Å²) < 4.78 is 79.9. The summed E-state index contributed by atoms with van der Waals surface area (Å²) in [7, 11) is 0. The lowest BCUT2D eigenvalue weighted by Gasteiger charge is -2.23. The van der Waals surface area contributed by atoms with Crippen molar-refractivity contribution in [3.8, 4) is 5.75 Å². The Balaban J connectivity index is 1.54. The van der Waals surface area contributed by atoms with Crippen LogP contribution in [0.25, 0.3) is 0 Å². The van der Waals surface area contributed by atoms with Crippen molar-refractivity contribution in [2.45, 2.75) is 18.5 Å². The number of halogens is 6. The van der Waals surface area contributed by atoms with Crippen LogP contribution in [-0.4, -0.2) is 46.7 Å². The van der Waals surface area contributed by atoms with E-state index >= 15 is 0 Å². The Kier molecular flexibility index (Phi) is 8.47. The number of nitro groups is 1. The van der Waals surface area contributed by atoms with E-state index in [2.05, 4.69) is 19.9 Å². The van der Waals surface area contributed by atoms with E-state index in [1.165, 1.54) is 42.5 Å². The average molecular weight is 557 g/mol. The van der Waals surface area contributed by atoms with Gasteiger partial charge in [-0.3, -0.25) is 10.1 Å². The Bertz CT molecular complexity index is 1370. The van der Waals surface area contributed by atoms with Crippen LogP contribution in [0.2, 0.25) is 0 Å². The van der Waals surface area contributed by atoms with E-state index in [0.717, 1.165) is 18.2 Å². The topological polar surface area (TPSA) is 130 Å². The number of hydrogen-bond donors (Lipinski definition) is 0. The van der Waals surface area contributed by atoms with Gasteiger partial charge in [-0.15, -0.1) is 0 Å². The summed E-state index contributed by atoms with van der Waals surface area (Å²) in [6.07, 6.45) is -10.4. The highest BCUT2D eigenvalue weighted by atomic mass is 19.4. The summed E-state index contributed by atoms with van der Waals surface area (Å²) in [6.45, 7) is 0. The Morgan fingerprint density at radius 2 is 1.33 bits per heavy atom. The van der Waals surface area contributed by atoms with E-state index in [0.29, 0.717) is 12.1 Å². The molecule has 0 saturated heterocycles. The molecular weight excluding hydrogens is 544 g/mol. The molecule has 16 heteroatoms. The molecule has 0 amide bonds. The number of benzene rings is 2. The molecule has 0 heterocycles. The van der Waals surface area contributed by atoms with Gasteiger partial charge in [-0.25, -0.2) is 14.0 Å². The standard InChI is InChI=1S/C23H13F6N3O7/c24-21(22(25,26)27)23(28,29)37-18-10-4-13(5-11-18)19(33)38-30-15-6-8-16(9-7-15)31-39-20(34)14-2-1-3-17(12-14)32(35)36/h1-12,21H. The lowest BCUT2D eigenvalue weighted by molar-refractivity contribution is -0.384. The number of allylic oxidation sites excluding steroid dienone is 4. The lowest BCUT2D eigenvalue weighted by atomic mass is 10.1. The number of ether oxygens (including phenoxy) is 1. The van der Waals surface area contributed by atoms with Gasteiger partial charge in [0.15, 0.2) is 0 Å². The summed E-state index contributed by atoms with van der Waals surface area (Å²) in [5, 5.41) is 17.9. The van der Waals surface area contributed by atoms with Gasteiger partial charge in [0.2, 0.25) is 0 Å². The molecular formula is C23H13F6N3O7. The van der Waals surface area contributed by atoms with Crippen LogP contribution in [0.4, 0.5) is 32.0 Å². The smallest absolute Gasteiger partial charge is 0.430 e. The van der Waals surface area contributed by atoms with Crippen LogP contribution < -0.4 is 4.74 Å². The van der Waals surface area contributed by atoms with Crippen molar-refractivity contribution < 1.29 is 55.3 Å². The number of carbonyl (C=O) groups is 2. The number of nitro benzene ring substituents is 1. The van der Waals surface area contributed by atoms with Crippen molar-refractivity contribution in [3.63, 3.8) is 0 Å². The number of oxime groups is 2. The Morgan fingerprint density at radius 1 is 0.821 bits per heavy atom. The number of hydrogen-bond acceptors (Lipinski definition) is 9. The van der Waals surface area contributed by atoms with Gasteiger partial charge in [-0.05, 0) is 54.6 Å². The SMILES string of the molecule is O=C(ON=C1C=CC(=NOC(=O)c2cccc([N+](=O)[O-])c2)C=C1)c1ccc(OC(F)(F)C(F)C(F)(F)F)cc1. The van der Waals surface area contributed by atoms with Crippen LogP contribution in [-0.2, 0) is 9.68 Å². The fraction of sp³-hybridized carbons (Fsp3) is 0.130. The fourth-order valence-electron chi connectivity index (χ4n) is 2.67. The first-order chi connectivity index (χ1) is 18.3. The molecule has 3 rings (SSSR count). The number of nitrogens with zero attached hydrogens (tertiary/aromatic N) is 3. The van der Waals surface area contributed by atoms with Gasteiger partial charge >= 0.3 is 24.2 Å². The molecule has 1 aliphatic rings. The second kappa shape index (κ2) is 11.6. The van der Waals surface area contributed by atoms with Crippen molar-refractivity contribution in [2.24, 2.45) is 10.3 Å². The molecule has 0 fully saturated rings. The van der Waals surface area contributed by atoms with E-state index in [9.17, 15) is 46.0 Å². The van der Waals surface area contributed by atoms with Crippen molar-refractivity contribution >= 4 is 29.0 Å². The first-order valence-electron chi connectivity index (χ1n) is 10.3. The second-order valence-electron chi connectivity index (χ2n) is 7.36. The van der Waals surface area contributed by atoms with E-state index in [1.54, 1.807) is 0 Å². The van der Waals surface area contributed by atoms with Gasteiger partial charge in [-0.1, -0.05) is 16.4 Å². The second-order valence-corrected chi connectivity index (χ2v) is 7.36. The number of non-ortho nitro benzene ring substituents is 1. The predicted molar refractivity (Wildman–Crippen MR) is 120 cm³/mol. The number of carbonyl (C=O) groups excluding carboxylic acids is 2. The highest BCUT2D eigenvalue weighted by Gasteiger charge is 2.59. The molecule has 0 aromatic heterocycles. The Morgan fingerprint density at radius 3 is 1.82 bits per heavy atom.